The van der Waals surface area contributed by atoms with Gasteiger partial charge in [-0.05, 0) is 80.3 Å². The first-order chi connectivity index (χ1) is 14.6. The molecule has 1 aromatic heterocycles. The average molecular weight is 428 g/mol. The van der Waals surface area contributed by atoms with Crippen LogP contribution in [-0.4, -0.2) is 22.8 Å². The van der Waals surface area contributed by atoms with E-state index in [2.05, 4.69) is 39.8 Å². The number of methoxy groups -OCH3 is 1. The molecule has 0 saturated heterocycles. The standard InChI is InChI=1S/C27H38FNO2/c1-18-14-19(2)29-24(15-18)20(3)27(30,21-10-8-7-9-11-21)17-26(4,5)23-16-22(28)12-13-25(23)31-6/h12-16,20-21,30H,7-11,17H2,1-6H3. The van der Waals surface area contributed by atoms with E-state index in [9.17, 15) is 9.50 Å². The van der Waals surface area contributed by atoms with Crippen LogP contribution < -0.4 is 4.74 Å². The van der Waals surface area contributed by atoms with Crippen molar-refractivity contribution in [2.75, 3.05) is 7.11 Å². The topological polar surface area (TPSA) is 42.4 Å². The molecule has 1 fully saturated rings. The van der Waals surface area contributed by atoms with Gasteiger partial charge in [-0.15, -0.1) is 0 Å². The van der Waals surface area contributed by atoms with Crippen LogP contribution in [0.25, 0.3) is 0 Å². The van der Waals surface area contributed by atoms with E-state index in [1.54, 1.807) is 19.2 Å². The van der Waals surface area contributed by atoms with Crippen molar-refractivity contribution in [1.82, 2.24) is 4.98 Å². The average Bonchev–Trinajstić information content (AvgIpc) is 2.72. The zero-order valence-corrected chi connectivity index (χ0v) is 20.0. The van der Waals surface area contributed by atoms with Crippen LogP contribution in [0, 0.1) is 25.6 Å². The Morgan fingerprint density at radius 3 is 2.42 bits per heavy atom. The minimum Gasteiger partial charge on any atom is -0.496 e. The summed E-state index contributed by atoms with van der Waals surface area (Å²) < 4.78 is 19.7. The molecule has 1 N–H and O–H groups in total. The predicted octanol–water partition coefficient (Wildman–Crippen LogP) is 6.63. The number of pyridine rings is 1. The van der Waals surface area contributed by atoms with Gasteiger partial charge in [-0.2, -0.15) is 0 Å². The SMILES string of the molecule is COc1ccc(F)cc1C(C)(C)CC(O)(C1CCCCC1)C(C)c1cc(C)cc(C)n1. The zero-order chi connectivity index (χ0) is 22.8. The molecule has 1 aromatic carbocycles. The third-order valence-electron chi connectivity index (χ3n) is 7.24. The number of hydrogen-bond acceptors (Lipinski definition) is 3. The Bertz CT molecular complexity index is 884. The van der Waals surface area contributed by atoms with E-state index in [-0.39, 0.29) is 17.7 Å². The highest BCUT2D eigenvalue weighted by Gasteiger charge is 2.47. The number of ether oxygens (including phenoxy) is 1. The minimum atomic E-state index is -0.950. The predicted molar refractivity (Wildman–Crippen MR) is 124 cm³/mol. The van der Waals surface area contributed by atoms with Gasteiger partial charge < -0.3 is 9.84 Å². The Hall–Kier alpha value is -1.94. The normalized spacial score (nSPS) is 18.5. The fourth-order valence-corrected chi connectivity index (χ4v) is 5.62. The molecule has 2 atom stereocenters. The van der Waals surface area contributed by atoms with Crippen LogP contribution in [-0.2, 0) is 5.41 Å². The summed E-state index contributed by atoms with van der Waals surface area (Å²) >= 11 is 0. The van der Waals surface area contributed by atoms with Crippen LogP contribution >= 0.6 is 0 Å². The molecule has 3 nitrogen and oxygen atoms in total. The largest absolute Gasteiger partial charge is 0.496 e. The van der Waals surface area contributed by atoms with Crippen molar-refractivity contribution in [2.45, 2.75) is 90.1 Å². The fraction of sp³-hybridized carbons (Fsp3) is 0.593. The van der Waals surface area contributed by atoms with Crippen molar-refractivity contribution in [3.05, 3.63) is 58.7 Å². The summed E-state index contributed by atoms with van der Waals surface area (Å²) in [6.45, 7) is 10.4. The lowest BCUT2D eigenvalue weighted by Crippen LogP contribution is -2.48. The molecular formula is C27H38FNO2. The lowest BCUT2D eigenvalue weighted by atomic mass is 9.62. The van der Waals surface area contributed by atoms with Crippen LogP contribution in [0.5, 0.6) is 5.75 Å². The van der Waals surface area contributed by atoms with Gasteiger partial charge in [0.15, 0.2) is 0 Å². The number of benzene rings is 1. The third kappa shape index (κ3) is 5.11. The lowest BCUT2D eigenvalue weighted by Gasteiger charge is -2.47. The van der Waals surface area contributed by atoms with Gasteiger partial charge in [0.2, 0.25) is 0 Å². The molecule has 1 saturated carbocycles. The summed E-state index contributed by atoms with van der Waals surface area (Å²) in [5.41, 5.74) is 2.43. The van der Waals surface area contributed by atoms with E-state index in [1.165, 1.54) is 12.5 Å². The fourth-order valence-electron chi connectivity index (χ4n) is 5.62. The summed E-state index contributed by atoms with van der Waals surface area (Å²) in [6, 6.07) is 8.83. The second-order valence-electron chi connectivity index (χ2n) is 10.2. The molecule has 31 heavy (non-hydrogen) atoms. The van der Waals surface area contributed by atoms with Gasteiger partial charge in [0.05, 0.1) is 12.7 Å². The Labute approximate surface area is 187 Å². The molecule has 0 radical (unpaired) electrons. The van der Waals surface area contributed by atoms with Crippen molar-refractivity contribution in [3.63, 3.8) is 0 Å². The van der Waals surface area contributed by atoms with Crippen molar-refractivity contribution < 1.29 is 14.2 Å². The van der Waals surface area contributed by atoms with E-state index in [0.29, 0.717) is 12.2 Å². The highest BCUT2D eigenvalue weighted by atomic mass is 19.1. The first kappa shape index (κ1) is 23.7. The minimum absolute atomic E-state index is 0.131. The smallest absolute Gasteiger partial charge is 0.123 e. The maximum atomic E-state index is 14.2. The van der Waals surface area contributed by atoms with Gasteiger partial charge in [0.1, 0.15) is 11.6 Å². The summed E-state index contributed by atoms with van der Waals surface area (Å²) in [4.78, 5) is 4.80. The summed E-state index contributed by atoms with van der Waals surface area (Å²) in [5.74, 6) is 0.439. The number of hydrogen-bond donors (Lipinski definition) is 1. The van der Waals surface area contributed by atoms with E-state index in [1.807, 2.05) is 6.92 Å². The Balaban J connectivity index is 2.05. The Morgan fingerprint density at radius 2 is 1.81 bits per heavy atom. The molecule has 0 amide bonds. The summed E-state index contributed by atoms with van der Waals surface area (Å²) in [6.07, 6.45) is 6.06. The van der Waals surface area contributed by atoms with E-state index < -0.39 is 11.0 Å². The van der Waals surface area contributed by atoms with Crippen LogP contribution in [0.2, 0.25) is 0 Å². The van der Waals surface area contributed by atoms with Crippen molar-refractivity contribution >= 4 is 0 Å². The first-order valence-electron chi connectivity index (χ1n) is 11.6. The number of aryl methyl sites for hydroxylation is 2. The van der Waals surface area contributed by atoms with Crippen molar-refractivity contribution in [2.24, 2.45) is 5.92 Å². The van der Waals surface area contributed by atoms with Gasteiger partial charge >= 0.3 is 0 Å². The molecule has 1 aliphatic carbocycles. The van der Waals surface area contributed by atoms with Gasteiger partial charge in [0, 0.05) is 22.9 Å². The first-order valence-corrected chi connectivity index (χ1v) is 11.6. The monoisotopic (exact) mass is 427 g/mol. The lowest BCUT2D eigenvalue weighted by molar-refractivity contribution is -0.0727. The molecular weight excluding hydrogens is 389 g/mol. The molecule has 170 valence electrons. The molecule has 2 unspecified atom stereocenters. The number of aliphatic hydroxyl groups is 1. The van der Waals surface area contributed by atoms with Crippen LogP contribution in [0.1, 0.15) is 87.7 Å². The summed E-state index contributed by atoms with van der Waals surface area (Å²) in [5, 5.41) is 12.4. The molecule has 1 heterocycles. The molecule has 0 spiro atoms. The molecule has 0 aliphatic heterocycles. The molecule has 3 rings (SSSR count). The maximum absolute atomic E-state index is 14.2. The third-order valence-corrected chi connectivity index (χ3v) is 7.24. The summed E-state index contributed by atoms with van der Waals surface area (Å²) in [7, 11) is 1.61. The quantitative estimate of drug-likeness (QED) is 0.539. The zero-order valence-electron chi connectivity index (χ0n) is 20.0. The molecule has 2 aromatic rings. The van der Waals surface area contributed by atoms with Crippen LogP contribution in [0.4, 0.5) is 4.39 Å². The van der Waals surface area contributed by atoms with Crippen molar-refractivity contribution in [1.29, 1.82) is 0 Å². The molecule has 1 aliphatic rings. The maximum Gasteiger partial charge on any atom is 0.123 e. The number of rotatable bonds is 7. The molecule has 0 bridgehead atoms. The van der Waals surface area contributed by atoms with E-state index in [4.69, 9.17) is 9.72 Å². The number of aromatic nitrogens is 1. The number of nitrogens with zero attached hydrogens (tertiary/aromatic N) is 1. The van der Waals surface area contributed by atoms with E-state index in [0.717, 1.165) is 48.2 Å². The highest BCUT2D eigenvalue weighted by Crippen LogP contribution is 2.49. The van der Waals surface area contributed by atoms with Crippen LogP contribution in [0.15, 0.2) is 30.3 Å². The highest BCUT2D eigenvalue weighted by molar-refractivity contribution is 5.40. The second-order valence-corrected chi connectivity index (χ2v) is 10.2. The second kappa shape index (κ2) is 9.28. The van der Waals surface area contributed by atoms with E-state index >= 15 is 0 Å². The van der Waals surface area contributed by atoms with Crippen LogP contribution in [0.3, 0.4) is 0 Å². The van der Waals surface area contributed by atoms with Gasteiger partial charge in [0.25, 0.3) is 0 Å². The molecule has 4 heteroatoms. The van der Waals surface area contributed by atoms with Gasteiger partial charge in [-0.3, -0.25) is 4.98 Å². The van der Waals surface area contributed by atoms with Gasteiger partial charge in [-0.25, -0.2) is 4.39 Å². The Kier molecular flexibility index (Phi) is 7.10. The number of halogens is 1. The van der Waals surface area contributed by atoms with Gasteiger partial charge in [-0.1, -0.05) is 40.0 Å². The Morgan fingerprint density at radius 1 is 1.13 bits per heavy atom. The van der Waals surface area contributed by atoms with Crippen molar-refractivity contribution in [3.8, 4) is 5.75 Å².